The van der Waals surface area contributed by atoms with Gasteiger partial charge in [-0.05, 0) is 68.4 Å². The molecule has 1 saturated carbocycles. The SMILES string of the molecule is CCC1(CNCCCC(CCN)C(C)(C)C)CCC1. The van der Waals surface area contributed by atoms with Crippen molar-refractivity contribution in [1.29, 1.82) is 0 Å². The van der Waals surface area contributed by atoms with Gasteiger partial charge in [0.15, 0.2) is 0 Å². The molecule has 1 atom stereocenters. The average Bonchev–Trinajstić information content (AvgIpc) is 2.29. The molecule has 0 saturated heterocycles. The molecule has 3 N–H and O–H groups in total. The standard InChI is InChI=1S/C17H36N2/c1-5-17(10-7-11-17)14-19-13-6-8-15(9-12-18)16(2,3)4/h15,19H,5-14,18H2,1-4H3. The van der Waals surface area contributed by atoms with Crippen molar-refractivity contribution in [3.63, 3.8) is 0 Å². The maximum atomic E-state index is 5.74. The number of nitrogens with one attached hydrogen (secondary N) is 1. The maximum Gasteiger partial charge on any atom is 0.000770 e. The lowest BCUT2D eigenvalue weighted by Gasteiger charge is -2.41. The summed E-state index contributed by atoms with van der Waals surface area (Å²) >= 11 is 0. The van der Waals surface area contributed by atoms with Gasteiger partial charge in [0.2, 0.25) is 0 Å². The highest BCUT2D eigenvalue weighted by molar-refractivity contribution is 4.88. The molecule has 0 bridgehead atoms. The van der Waals surface area contributed by atoms with Gasteiger partial charge in [-0.25, -0.2) is 0 Å². The van der Waals surface area contributed by atoms with Crippen molar-refractivity contribution in [3.05, 3.63) is 0 Å². The van der Waals surface area contributed by atoms with Crippen LogP contribution in [0.3, 0.4) is 0 Å². The van der Waals surface area contributed by atoms with Crippen LogP contribution in [0.25, 0.3) is 0 Å². The summed E-state index contributed by atoms with van der Waals surface area (Å²) in [6.45, 7) is 12.6. The highest BCUT2D eigenvalue weighted by atomic mass is 14.9. The topological polar surface area (TPSA) is 38.0 Å². The Morgan fingerprint density at radius 3 is 2.32 bits per heavy atom. The van der Waals surface area contributed by atoms with Gasteiger partial charge in [-0.2, -0.15) is 0 Å². The molecule has 0 aromatic rings. The largest absolute Gasteiger partial charge is 0.330 e. The summed E-state index contributed by atoms with van der Waals surface area (Å²) in [5.41, 5.74) is 6.80. The Bertz CT molecular complexity index is 233. The summed E-state index contributed by atoms with van der Waals surface area (Å²) in [5, 5.41) is 3.70. The third-order valence-corrected chi connectivity index (χ3v) is 5.31. The Morgan fingerprint density at radius 1 is 1.21 bits per heavy atom. The third kappa shape index (κ3) is 5.43. The summed E-state index contributed by atoms with van der Waals surface area (Å²) in [4.78, 5) is 0. The fourth-order valence-corrected chi connectivity index (χ4v) is 3.37. The zero-order chi connectivity index (χ0) is 14.4. The maximum absolute atomic E-state index is 5.74. The zero-order valence-electron chi connectivity index (χ0n) is 13.7. The molecule has 0 amide bonds. The highest BCUT2D eigenvalue weighted by Crippen LogP contribution is 2.43. The van der Waals surface area contributed by atoms with Gasteiger partial charge in [0.25, 0.3) is 0 Å². The highest BCUT2D eigenvalue weighted by Gasteiger charge is 2.34. The van der Waals surface area contributed by atoms with Gasteiger partial charge in [-0.15, -0.1) is 0 Å². The van der Waals surface area contributed by atoms with Crippen molar-refractivity contribution in [2.24, 2.45) is 22.5 Å². The minimum Gasteiger partial charge on any atom is -0.330 e. The van der Waals surface area contributed by atoms with Gasteiger partial charge in [0.1, 0.15) is 0 Å². The van der Waals surface area contributed by atoms with E-state index in [1.54, 1.807) is 0 Å². The third-order valence-electron chi connectivity index (χ3n) is 5.31. The summed E-state index contributed by atoms with van der Waals surface area (Å²) < 4.78 is 0. The van der Waals surface area contributed by atoms with Crippen LogP contribution >= 0.6 is 0 Å². The zero-order valence-corrected chi connectivity index (χ0v) is 13.7. The summed E-state index contributed by atoms with van der Waals surface area (Å²) in [6.07, 6.45) is 9.44. The molecule has 1 rings (SSSR count). The second-order valence-electron chi connectivity index (χ2n) is 7.67. The van der Waals surface area contributed by atoms with Crippen LogP contribution in [0.4, 0.5) is 0 Å². The monoisotopic (exact) mass is 268 g/mol. The molecule has 2 heteroatoms. The number of hydrogen-bond donors (Lipinski definition) is 2. The first-order chi connectivity index (χ1) is 8.93. The molecule has 0 heterocycles. The fraction of sp³-hybridized carbons (Fsp3) is 1.00. The van der Waals surface area contributed by atoms with Crippen LogP contribution < -0.4 is 11.1 Å². The molecule has 1 aliphatic carbocycles. The fourth-order valence-electron chi connectivity index (χ4n) is 3.37. The molecule has 19 heavy (non-hydrogen) atoms. The molecular weight excluding hydrogens is 232 g/mol. The molecule has 0 radical (unpaired) electrons. The first-order valence-corrected chi connectivity index (χ1v) is 8.34. The van der Waals surface area contributed by atoms with Crippen molar-refractivity contribution in [1.82, 2.24) is 5.32 Å². The molecule has 0 aromatic carbocycles. The van der Waals surface area contributed by atoms with Gasteiger partial charge in [-0.3, -0.25) is 0 Å². The van der Waals surface area contributed by atoms with Crippen LogP contribution in [0.15, 0.2) is 0 Å². The summed E-state index contributed by atoms with van der Waals surface area (Å²) in [6, 6.07) is 0. The second kappa shape index (κ2) is 7.64. The van der Waals surface area contributed by atoms with Crippen molar-refractivity contribution in [2.45, 2.75) is 72.6 Å². The predicted octanol–water partition coefficient (Wildman–Crippen LogP) is 3.95. The lowest BCUT2D eigenvalue weighted by Crippen LogP contribution is -2.39. The van der Waals surface area contributed by atoms with E-state index in [4.69, 9.17) is 5.73 Å². The first kappa shape index (κ1) is 17.0. The first-order valence-electron chi connectivity index (χ1n) is 8.34. The van der Waals surface area contributed by atoms with Crippen molar-refractivity contribution >= 4 is 0 Å². The average molecular weight is 268 g/mol. The van der Waals surface area contributed by atoms with E-state index in [2.05, 4.69) is 33.0 Å². The Kier molecular flexibility index (Phi) is 6.82. The lowest BCUT2D eigenvalue weighted by atomic mass is 9.67. The molecule has 2 nitrogen and oxygen atoms in total. The van der Waals surface area contributed by atoms with Crippen molar-refractivity contribution < 1.29 is 0 Å². The Morgan fingerprint density at radius 2 is 1.89 bits per heavy atom. The van der Waals surface area contributed by atoms with E-state index in [0.717, 1.165) is 12.5 Å². The molecule has 0 aromatic heterocycles. The van der Waals surface area contributed by atoms with E-state index in [1.807, 2.05) is 0 Å². The van der Waals surface area contributed by atoms with Crippen LogP contribution in [0.5, 0.6) is 0 Å². The van der Waals surface area contributed by atoms with Crippen molar-refractivity contribution in [3.8, 4) is 0 Å². The predicted molar refractivity (Wildman–Crippen MR) is 85.3 cm³/mol. The van der Waals surface area contributed by atoms with E-state index in [9.17, 15) is 0 Å². The smallest absolute Gasteiger partial charge is 0.000770 e. The van der Waals surface area contributed by atoms with E-state index in [0.29, 0.717) is 10.8 Å². The molecule has 0 aliphatic heterocycles. The van der Waals surface area contributed by atoms with Gasteiger partial charge in [-0.1, -0.05) is 34.1 Å². The van der Waals surface area contributed by atoms with Gasteiger partial charge >= 0.3 is 0 Å². The molecule has 1 unspecified atom stereocenters. The Balaban J connectivity index is 2.15. The van der Waals surface area contributed by atoms with E-state index < -0.39 is 0 Å². The minimum absolute atomic E-state index is 0.401. The molecule has 1 fully saturated rings. The van der Waals surface area contributed by atoms with Crippen LogP contribution in [-0.2, 0) is 0 Å². The molecule has 114 valence electrons. The normalized spacial score (nSPS) is 20.1. The molecule has 1 aliphatic rings. The van der Waals surface area contributed by atoms with Crippen LogP contribution in [0.1, 0.15) is 72.6 Å². The minimum atomic E-state index is 0.401. The molecular formula is C17H36N2. The van der Waals surface area contributed by atoms with Crippen LogP contribution in [-0.4, -0.2) is 19.6 Å². The van der Waals surface area contributed by atoms with E-state index in [1.165, 1.54) is 58.0 Å². The van der Waals surface area contributed by atoms with Gasteiger partial charge in [0.05, 0.1) is 0 Å². The van der Waals surface area contributed by atoms with E-state index >= 15 is 0 Å². The number of rotatable bonds is 9. The number of hydrogen-bond acceptors (Lipinski definition) is 2. The Hall–Kier alpha value is -0.0800. The number of nitrogens with two attached hydrogens (primary N) is 1. The lowest BCUT2D eigenvalue weighted by molar-refractivity contribution is 0.123. The second-order valence-corrected chi connectivity index (χ2v) is 7.67. The Labute approximate surface area is 120 Å². The van der Waals surface area contributed by atoms with Crippen molar-refractivity contribution in [2.75, 3.05) is 19.6 Å². The van der Waals surface area contributed by atoms with E-state index in [-0.39, 0.29) is 0 Å². The van der Waals surface area contributed by atoms with Gasteiger partial charge in [0, 0.05) is 6.54 Å². The molecule has 0 spiro atoms. The van der Waals surface area contributed by atoms with Crippen LogP contribution in [0, 0.1) is 16.7 Å². The summed E-state index contributed by atoms with van der Waals surface area (Å²) in [7, 11) is 0. The quantitative estimate of drug-likeness (QED) is 0.621. The van der Waals surface area contributed by atoms with Crippen LogP contribution in [0.2, 0.25) is 0 Å². The van der Waals surface area contributed by atoms with Gasteiger partial charge < -0.3 is 11.1 Å². The summed E-state index contributed by atoms with van der Waals surface area (Å²) in [5.74, 6) is 0.767.